The molecule has 0 N–H and O–H groups in total. The van der Waals surface area contributed by atoms with Gasteiger partial charge in [0.15, 0.2) is 5.78 Å². The Morgan fingerprint density at radius 1 is 1.00 bits per heavy atom. The fraction of sp³-hybridized carbons (Fsp3) is 0.444. The zero-order valence-corrected chi connectivity index (χ0v) is 13.7. The standard InChI is InChI=1S/C18H24N2O/c1-12-13(2)15(4)18(16(5)14(12)3)7-6-17(21)10-20-9-8-19-11-20/h8-9,11H,6-7,10H2,1-5H3. The maximum Gasteiger partial charge on any atom is 0.152 e. The maximum atomic E-state index is 12.1. The number of rotatable bonds is 5. The number of carbonyl (C=O) groups is 1. The molecule has 1 aromatic carbocycles. The van der Waals surface area contributed by atoms with E-state index >= 15 is 0 Å². The van der Waals surface area contributed by atoms with Crippen molar-refractivity contribution in [2.75, 3.05) is 0 Å². The topological polar surface area (TPSA) is 34.9 Å². The minimum Gasteiger partial charge on any atom is -0.330 e. The van der Waals surface area contributed by atoms with E-state index in [1.807, 2.05) is 10.8 Å². The molecule has 2 aromatic rings. The molecule has 0 aliphatic carbocycles. The van der Waals surface area contributed by atoms with Crippen molar-refractivity contribution >= 4 is 5.78 Å². The van der Waals surface area contributed by atoms with E-state index in [0.717, 1.165) is 6.42 Å². The summed E-state index contributed by atoms with van der Waals surface area (Å²) in [4.78, 5) is 16.1. The molecule has 0 aliphatic heterocycles. The highest BCUT2D eigenvalue weighted by molar-refractivity contribution is 5.78. The van der Waals surface area contributed by atoms with Crippen molar-refractivity contribution in [3.8, 4) is 0 Å². The van der Waals surface area contributed by atoms with Crippen molar-refractivity contribution in [1.29, 1.82) is 0 Å². The molecule has 1 heterocycles. The third kappa shape index (κ3) is 3.23. The molecule has 112 valence electrons. The Hall–Kier alpha value is -1.90. The molecule has 0 saturated carbocycles. The molecule has 0 amide bonds. The van der Waals surface area contributed by atoms with Gasteiger partial charge in [-0.1, -0.05) is 0 Å². The second kappa shape index (κ2) is 6.25. The number of aromatic nitrogens is 2. The normalized spacial score (nSPS) is 10.9. The van der Waals surface area contributed by atoms with Gasteiger partial charge in [0.2, 0.25) is 0 Å². The van der Waals surface area contributed by atoms with Gasteiger partial charge in [0.25, 0.3) is 0 Å². The van der Waals surface area contributed by atoms with Gasteiger partial charge in [-0.15, -0.1) is 0 Å². The van der Waals surface area contributed by atoms with Gasteiger partial charge in [-0.05, 0) is 74.4 Å². The Bertz CT molecular complexity index is 625. The zero-order chi connectivity index (χ0) is 15.6. The largest absolute Gasteiger partial charge is 0.330 e. The third-order valence-corrected chi connectivity index (χ3v) is 4.73. The molecule has 0 spiro atoms. The minimum absolute atomic E-state index is 0.252. The third-order valence-electron chi connectivity index (χ3n) is 4.73. The van der Waals surface area contributed by atoms with Crippen molar-refractivity contribution in [2.24, 2.45) is 0 Å². The highest BCUT2D eigenvalue weighted by Gasteiger charge is 2.13. The van der Waals surface area contributed by atoms with Crippen LogP contribution in [-0.2, 0) is 17.8 Å². The van der Waals surface area contributed by atoms with Crippen LogP contribution < -0.4 is 0 Å². The molecule has 0 aliphatic rings. The number of hydrogen-bond donors (Lipinski definition) is 0. The van der Waals surface area contributed by atoms with E-state index in [4.69, 9.17) is 0 Å². The zero-order valence-electron chi connectivity index (χ0n) is 13.7. The molecule has 3 nitrogen and oxygen atoms in total. The van der Waals surface area contributed by atoms with E-state index < -0.39 is 0 Å². The monoisotopic (exact) mass is 284 g/mol. The number of carbonyl (C=O) groups excluding carboxylic acids is 1. The summed E-state index contributed by atoms with van der Waals surface area (Å²) in [6.07, 6.45) is 6.63. The van der Waals surface area contributed by atoms with Crippen LogP contribution in [0.15, 0.2) is 18.7 Å². The first-order valence-corrected chi connectivity index (χ1v) is 7.45. The number of nitrogens with zero attached hydrogens (tertiary/aromatic N) is 2. The smallest absolute Gasteiger partial charge is 0.152 e. The first-order valence-electron chi connectivity index (χ1n) is 7.45. The van der Waals surface area contributed by atoms with Crippen LogP contribution in [0.5, 0.6) is 0 Å². The molecule has 0 atom stereocenters. The second-order valence-electron chi connectivity index (χ2n) is 5.88. The quantitative estimate of drug-likeness (QED) is 0.840. The predicted molar refractivity (Wildman–Crippen MR) is 85.7 cm³/mol. The summed E-state index contributed by atoms with van der Waals surface area (Å²) < 4.78 is 1.83. The van der Waals surface area contributed by atoms with Gasteiger partial charge >= 0.3 is 0 Å². The van der Waals surface area contributed by atoms with Crippen molar-refractivity contribution in [2.45, 2.75) is 54.0 Å². The van der Waals surface area contributed by atoms with Crippen LogP contribution in [0, 0.1) is 34.6 Å². The Morgan fingerprint density at radius 2 is 1.57 bits per heavy atom. The lowest BCUT2D eigenvalue weighted by molar-refractivity contribution is -0.119. The lowest BCUT2D eigenvalue weighted by Crippen LogP contribution is -2.11. The minimum atomic E-state index is 0.252. The molecule has 2 rings (SSSR count). The summed E-state index contributed by atoms with van der Waals surface area (Å²) in [5.41, 5.74) is 8.11. The van der Waals surface area contributed by atoms with Gasteiger partial charge < -0.3 is 4.57 Å². The van der Waals surface area contributed by atoms with E-state index in [9.17, 15) is 4.79 Å². The fourth-order valence-corrected chi connectivity index (χ4v) is 2.88. The van der Waals surface area contributed by atoms with Gasteiger partial charge in [-0.2, -0.15) is 0 Å². The summed E-state index contributed by atoms with van der Waals surface area (Å²) in [6.45, 7) is 11.3. The molecule has 21 heavy (non-hydrogen) atoms. The summed E-state index contributed by atoms with van der Waals surface area (Å²) in [5, 5.41) is 0. The van der Waals surface area contributed by atoms with Crippen molar-refractivity contribution in [1.82, 2.24) is 9.55 Å². The van der Waals surface area contributed by atoms with E-state index in [1.54, 1.807) is 12.5 Å². The van der Waals surface area contributed by atoms with Crippen molar-refractivity contribution in [3.63, 3.8) is 0 Å². The molecule has 0 unspecified atom stereocenters. The lowest BCUT2D eigenvalue weighted by atomic mass is 9.87. The SMILES string of the molecule is Cc1c(C)c(C)c(CCC(=O)Cn2ccnc2)c(C)c1C. The molecule has 0 bridgehead atoms. The van der Waals surface area contributed by atoms with Crippen LogP contribution in [0.1, 0.15) is 39.8 Å². The first kappa shape index (κ1) is 15.5. The van der Waals surface area contributed by atoms with Crippen LogP contribution in [0.3, 0.4) is 0 Å². The molecular weight excluding hydrogens is 260 g/mol. The Morgan fingerprint density at radius 3 is 2.10 bits per heavy atom. The van der Waals surface area contributed by atoms with Crippen LogP contribution in [0.2, 0.25) is 0 Å². The summed E-state index contributed by atoms with van der Waals surface area (Å²) in [5.74, 6) is 0.252. The Kier molecular flexibility index (Phi) is 4.61. The van der Waals surface area contributed by atoms with E-state index in [-0.39, 0.29) is 5.78 Å². The summed E-state index contributed by atoms with van der Waals surface area (Å²) in [7, 11) is 0. The van der Waals surface area contributed by atoms with Crippen LogP contribution in [-0.4, -0.2) is 15.3 Å². The summed E-state index contributed by atoms with van der Waals surface area (Å²) >= 11 is 0. The van der Waals surface area contributed by atoms with Gasteiger partial charge in [0, 0.05) is 18.8 Å². The van der Waals surface area contributed by atoms with Gasteiger partial charge in [-0.3, -0.25) is 4.79 Å². The molecule has 0 fully saturated rings. The van der Waals surface area contributed by atoms with E-state index in [2.05, 4.69) is 39.6 Å². The first-order chi connectivity index (χ1) is 9.91. The average molecular weight is 284 g/mol. The van der Waals surface area contributed by atoms with Gasteiger partial charge in [0.05, 0.1) is 12.9 Å². The Balaban J connectivity index is 2.12. The van der Waals surface area contributed by atoms with Gasteiger partial charge in [-0.25, -0.2) is 4.98 Å². The number of benzene rings is 1. The van der Waals surface area contributed by atoms with Gasteiger partial charge in [0.1, 0.15) is 0 Å². The molecule has 0 saturated heterocycles. The van der Waals surface area contributed by atoms with Crippen molar-refractivity contribution < 1.29 is 4.79 Å². The van der Waals surface area contributed by atoms with E-state index in [0.29, 0.717) is 13.0 Å². The summed E-state index contributed by atoms with van der Waals surface area (Å²) in [6, 6.07) is 0. The van der Waals surface area contributed by atoms with Crippen LogP contribution >= 0.6 is 0 Å². The average Bonchev–Trinajstić information content (AvgIpc) is 2.96. The fourth-order valence-electron chi connectivity index (χ4n) is 2.88. The van der Waals surface area contributed by atoms with E-state index in [1.165, 1.54) is 33.4 Å². The number of hydrogen-bond acceptors (Lipinski definition) is 2. The second-order valence-corrected chi connectivity index (χ2v) is 5.88. The maximum absolute atomic E-state index is 12.1. The molecule has 0 radical (unpaired) electrons. The molecule has 1 aromatic heterocycles. The van der Waals surface area contributed by atoms with Crippen LogP contribution in [0.25, 0.3) is 0 Å². The highest BCUT2D eigenvalue weighted by atomic mass is 16.1. The Labute approximate surface area is 127 Å². The van der Waals surface area contributed by atoms with Crippen LogP contribution in [0.4, 0.5) is 0 Å². The number of ketones is 1. The molecular formula is C18H24N2O. The molecule has 3 heteroatoms. The predicted octanol–water partition coefficient (Wildman–Crippen LogP) is 3.63. The number of imidazole rings is 1. The lowest BCUT2D eigenvalue weighted by Gasteiger charge is -2.18. The highest BCUT2D eigenvalue weighted by Crippen LogP contribution is 2.27. The van der Waals surface area contributed by atoms with Crippen molar-refractivity contribution in [3.05, 3.63) is 52.1 Å². The number of Topliss-reactive ketones (excluding diaryl/α,β-unsaturated/α-hetero) is 1.